The van der Waals surface area contributed by atoms with E-state index in [2.05, 4.69) is 15.9 Å². The summed E-state index contributed by atoms with van der Waals surface area (Å²) in [4.78, 5) is 13.4. The number of hydrogen-bond donors (Lipinski definition) is 1. The normalized spacial score (nSPS) is 19.4. The van der Waals surface area contributed by atoms with Gasteiger partial charge in [0.05, 0.1) is 9.37 Å². The van der Waals surface area contributed by atoms with Crippen LogP contribution in [-0.2, 0) is 10.0 Å². The van der Waals surface area contributed by atoms with E-state index in [1.807, 2.05) is 6.92 Å². The molecule has 0 bridgehead atoms. The number of sulfonamides is 1. The van der Waals surface area contributed by atoms with Crippen molar-refractivity contribution < 1.29 is 17.6 Å². The van der Waals surface area contributed by atoms with Gasteiger partial charge in [0, 0.05) is 18.7 Å². The first kappa shape index (κ1) is 15.4. The number of rotatable bonds is 2. The van der Waals surface area contributed by atoms with Gasteiger partial charge in [-0.05, 0) is 40.4 Å². The van der Waals surface area contributed by atoms with E-state index in [-0.39, 0.29) is 15.9 Å². The molecule has 0 aromatic heterocycles. The van der Waals surface area contributed by atoms with E-state index in [1.165, 1.54) is 0 Å². The van der Waals surface area contributed by atoms with E-state index < -0.39 is 20.7 Å². The monoisotopic (exact) mass is 364 g/mol. The summed E-state index contributed by atoms with van der Waals surface area (Å²) in [5.41, 5.74) is -0.0103. The Balaban J connectivity index is 2.43. The molecule has 1 aliphatic rings. The summed E-state index contributed by atoms with van der Waals surface area (Å²) < 4.78 is 36.3. The summed E-state index contributed by atoms with van der Waals surface area (Å²) in [5.74, 6) is -0.824. The number of benzene rings is 1. The molecule has 1 amide bonds. The molecule has 0 saturated carbocycles. The molecule has 1 aromatic carbocycles. The molecule has 2 rings (SSSR count). The Kier molecular flexibility index (Phi) is 4.17. The molecule has 1 atom stereocenters. The van der Waals surface area contributed by atoms with E-state index in [0.717, 1.165) is 18.6 Å². The predicted molar refractivity (Wildman–Crippen MR) is 75.2 cm³/mol. The fraction of sp³-hybridized carbons (Fsp3) is 0.417. The second kappa shape index (κ2) is 5.42. The van der Waals surface area contributed by atoms with Crippen LogP contribution in [0, 0.1) is 11.7 Å². The van der Waals surface area contributed by atoms with Crippen LogP contribution in [0.5, 0.6) is 0 Å². The molecule has 1 aliphatic heterocycles. The number of nitrogens with two attached hydrogens (primary N) is 1. The van der Waals surface area contributed by atoms with Crippen molar-refractivity contribution in [1.82, 2.24) is 4.90 Å². The second-order valence-corrected chi connectivity index (χ2v) is 7.28. The minimum absolute atomic E-state index is 0.0103. The summed E-state index contributed by atoms with van der Waals surface area (Å²) in [6.45, 7) is 3.19. The summed E-state index contributed by atoms with van der Waals surface area (Å²) in [6.07, 6.45) is 0.882. The van der Waals surface area contributed by atoms with Crippen molar-refractivity contribution in [2.45, 2.75) is 18.2 Å². The molecule has 110 valence electrons. The highest BCUT2D eigenvalue weighted by atomic mass is 79.9. The Morgan fingerprint density at radius 2 is 2.15 bits per heavy atom. The van der Waals surface area contributed by atoms with E-state index >= 15 is 0 Å². The first-order chi connectivity index (χ1) is 9.20. The van der Waals surface area contributed by atoms with Gasteiger partial charge in [0.2, 0.25) is 10.0 Å². The Morgan fingerprint density at radius 1 is 1.50 bits per heavy atom. The molecule has 0 aliphatic carbocycles. The van der Waals surface area contributed by atoms with Crippen LogP contribution in [-0.4, -0.2) is 32.3 Å². The standard InChI is InChI=1S/C12H14BrFN2O3S/c1-7-2-3-16(6-7)12(17)8-4-9(14)11(13)10(5-8)20(15,18)19/h4-5,7H,2-3,6H2,1H3,(H2,15,18,19). The van der Waals surface area contributed by atoms with Gasteiger partial charge in [-0.15, -0.1) is 0 Å². The van der Waals surface area contributed by atoms with Crippen LogP contribution >= 0.6 is 15.9 Å². The third-order valence-electron chi connectivity index (χ3n) is 3.26. The number of carbonyl (C=O) groups excluding carboxylic acids is 1. The van der Waals surface area contributed by atoms with Gasteiger partial charge in [0.15, 0.2) is 0 Å². The van der Waals surface area contributed by atoms with E-state index in [9.17, 15) is 17.6 Å². The van der Waals surface area contributed by atoms with Crippen LogP contribution in [0.25, 0.3) is 0 Å². The molecule has 1 aromatic rings. The summed E-state index contributed by atoms with van der Waals surface area (Å²) >= 11 is 2.83. The topological polar surface area (TPSA) is 80.5 Å². The highest BCUT2D eigenvalue weighted by Gasteiger charge is 2.27. The lowest BCUT2D eigenvalue weighted by molar-refractivity contribution is 0.0787. The molecule has 0 radical (unpaired) electrons. The van der Waals surface area contributed by atoms with Gasteiger partial charge in [0.25, 0.3) is 5.91 Å². The molecular formula is C12H14BrFN2O3S. The maximum atomic E-state index is 13.8. The molecule has 1 unspecified atom stereocenters. The number of amides is 1. The number of primary sulfonamides is 1. The van der Waals surface area contributed by atoms with Crippen molar-refractivity contribution in [1.29, 1.82) is 0 Å². The van der Waals surface area contributed by atoms with Crippen LogP contribution in [0.15, 0.2) is 21.5 Å². The average Bonchev–Trinajstić information content (AvgIpc) is 2.76. The lowest BCUT2D eigenvalue weighted by Gasteiger charge is -2.16. The van der Waals surface area contributed by atoms with Crippen molar-refractivity contribution in [3.8, 4) is 0 Å². The molecule has 8 heteroatoms. The minimum atomic E-state index is -4.10. The number of hydrogen-bond acceptors (Lipinski definition) is 3. The second-order valence-electron chi connectivity index (χ2n) is 4.96. The van der Waals surface area contributed by atoms with Gasteiger partial charge < -0.3 is 4.90 Å². The minimum Gasteiger partial charge on any atom is -0.338 e. The molecule has 20 heavy (non-hydrogen) atoms. The van der Waals surface area contributed by atoms with E-state index in [1.54, 1.807) is 4.90 Å². The highest BCUT2D eigenvalue weighted by Crippen LogP contribution is 2.27. The van der Waals surface area contributed by atoms with Crippen molar-refractivity contribution >= 4 is 31.9 Å². The summed E-state index contributed by atoms with van der Waals surface area (Å²) in [6, 6.07) is 2.12. The molecule has 1 heterocycles. The van der Waals surface area contributed by atoms with Crippen LogP contribution < -0.4 is 5.14 Å². The number of halogens is 2. The van der Waals surface area contributed by atoms with Gasteiger partial charge in [-0.1, -0.05) is 6.92 Å². The Bertz CT molecular complexity index is 663. The van der Waals surface area contributed by atoms with Crippen LogP contribution in [0.3, 0.4) is 0 Å². The number of likely N-dealkylation sites (tertiary alicyclic amines) is 1. The van der Waals surface area contributed by atoms with Gasteiger partial charge in [-0.25, -0.2) is 17.9 Å². The van der Waals surface area contributed by atoms with Crippen molar-refractivity contribution in [2.75, 3.05) is 13.1 Å². The first-order valence-electron chi connectivity index (χ1n) is 6.01. The Labute approximate surface area is 125 Å². The van der Waals surface area contributed by atoms with E-state index in [4.69, 9.17) is 5.14 Å². The van der Waals surface area contributed by atoms with Crippen LogP contribution in [0.4, 0.5) is 4.39 Å². The molecular weight excluding hydrogens is 351 g/mol. The SMILES string of the molecule is CC1CCN(C(=O)c2cc(F)c(Br)c(S(N)(=O)=O)c2)C1. The van der Waals surface area contributed by atoms with Gasteiger partial charge >= 0.3 is 0 Å². The van der Waals surface area contributed by atoms with E-state index in [0.29, 0.717) is 19.0 Å². The van der Waals surface area contributed by atoms with Crippen molar-refractivity contribution in [3.05, 3.63) is 28.0 Å². The molecule has 1 saturated heterocycles. The largest absolute Gasteiger partial charge is 0.338 e. The Morgan fingerprint density at radius 3 is 2.65 bits per heavy atom. The lowest BCUT2D eigenvalue weighted by Crippen LogP contribution is -2.29. The summed E-state index contributed by atoms with van der Waals surface area (Å²) in [7, 11) is -4.10. The van der Waals surface area contributed by atoms with Crippen molar-refractivity contribution in [3.63, 3.8) is 0 Å². The fourth-order valence-electron chi connectivity index (χ4n) is 2.20. The Hall–Kier alpha value is -0.990. The highest BCUT2D eigenvalue weighted by molar-refractivity contribution is 9.10. The zero-order chi connectivity index (χ0) is 15.1. The fourth-order valence-corrected chi connectivity index (χ4v) is 3.74. The average molecular weight is 365 g/mol. The number of nitrogens with zero attached hydrogens (tertiary/aromatic N) is 1. The maximum Gasteiger partial charge on any atom is 0.254 e. The lowest BCUT2D eigenvalue weighted by atomic mass is 10.2. The molecule has 5 nitrogen and oxygen atoms in total. The third kappa shape index (κ3) is 3.02. The third-order valence-corrected chi connectivity index (χ3v) is 5.26. The smallest absolute Gasteiger partial charge is 0.254 e. The van der Waals surface area contributed by atoms with Gasteiger partial charge in [-0.2, -0.15) is 0 Å². The zero-order valence-electron chi connectivity index (χ0n) is 10.8. The molecule has 1 fully saturated rings. The van der Waals surface area contributed by atoms with Crippen molar-refractivity contribution in [2.24, 2.45) is 11.1 Å². The maximum absolute atomic E-state index is 13.8. The van der Waals surface area contributed by atoms with Gasteiger partial charge in [-0.3, -0.25) is 4.79 Å². The first-order valence-corrected chi connectivity index (χ1v) is 8.35. The number of carbonyl (C=O) groups is 1. The molecule has 2 N–H and O–H groups in total. The summed E-state index contributed by atoms with van der Waals surface area (Å²) in [5, 5.41) is 5.02. The zero-order valence-corrected chi connectivity index (χ0v) is 13.2. The molecule has 0 spiro atoms. The predicted octanol–water partition coefficient (Wildman–Crippen LogP) is 1.72. The van der Waals surface area contributed by atoms with Gasteiger partial charge in [0.1, 0.15) is 5.82 Å². The van der Waals surface area contributed by atoms with Crippen LogP contribution in [0.2, 0.25) is 0 Å². The van der Waals surface area contributed by atoms with Crippen LogP contribution in [0.1, 0.15) is 23.7 Å². The quantitative estimate of drug-likeness (QED) is 0.867.